The van der Waals surface area contributed by atoms with Crippen molar-refractivity contribution in [3.8, 4) is 0 Å². The molecule has 0 saturated carbocycles. The Kier molecular flexibility index (Phi) is 4.68. The number of aliphatic hydroxyl groups excluding tert-OH is 1. The lowest BCUT2D eigenvalue weighted by Crippen LogP contribution is -2.39. The molecule has 6 heteroatoms. The molecule has 1 aromatic heterocycles. The largest absolute Gasteiger partial charge is 0.394 e. The van der Waals surface area contributed by atoms with Crippen molar-refractivity contribution in [2.24, 2.45) is 0 Å². The summed E-state index contributed by atoms with van der Waals surface area (Å²) in [5.74, 6) is 0. The molecule has 16 heavy (non-hydrogen) atoms. The molecule has 0 unspecified atom stereocenters. The van der Waals surface area contributed by atoms with Crippen molar-refractivity contribution in [1.29, 1.82) is 0 Å². The summed E-state index contributed by atoms with van der Waals surface area (Å²) in [4.78, 5) is 23.0. The van der Waals surface area contributed by atoms with Crippen LogP contribution < -0.4 is 11.2 Å². The highest BCUT2D eigenvalue weighted by atomic mass is 16.5. The van der Waals surface area contributed by atoms with Gasteiger partial charge in [-0.3, -0.25) is 13.9 Å². The molecule has 0 spiro atoms. The van der Waals surface area contributed by atoms with Crippen molar-refractivity contribution in [2.45, 2.75) is 13.3 Å². The number of aliphatic hydroxyl groups is 1. The summed E-state index contributed by atoms with van der Waals surface area (Å²) in [5, 5.41) is 8.52. The second-order valence-corrected chi connectivity index (χ2v) is 3.07. The average molecular weight is 226 g/mol. The van der Waals surface area contributed by atoms with Gasteiger partial charge in [0.15, 0.2) is 0 Å². The molecule has 0 aliphatic heterocycles. The minimum Gasteiger partial charge on any atom is -0.394 e. The fraction of sp³-hybridized carbons (Fsp3) is 0.400. The minimum absolute atomic E-state index is 0.0107. The lowest BCUT2D eigenvalue weighted by molar-refractivity contribution is 0.0449. The van der Waals surface area contributed by atoms with Crippen molar-refractivity contribution in [2.75, 3.05) is 13.2 Å². The summed E-state index contributed by atoms with van der Waals surface area (Å²) in [6.07, 6.45) is 2.84. The maximum atomic E-state index is 11.7. The van der Waals surface area contributed by atoms with E-state index in [9.17, 15) is 9.59 Å². The van der Waals surface area contributed by atoms with Crippen LogP contribution in [-0.2, 0) is 18.0 Å². The third kappa shape index (κ3) is 2.91. The molecule has 0 bridgehead atoms. The van der Waals surface area contributed by atoms with Gasteiger partial charge in [-0.15, -0.1) is 6.58 Å². The Morgan fingerprint density at radius 1 is 1.50 bits per heavy atom. The molecule has 1 N–H and O–H groups in total. The zero-order valence-electron chi connectivity index (χ0n) is 8.83. The smallest absolute Gasteiger partial charge is 0.333 e. The average Bonchev–Trinajstić information content (AvgIpc) is 2.28. The second kappa shape index (κ2) is 6.04. The van der Waals surface area contributed by atoms with Gasteiger partial charge in [0, 0.05) is 18.8 Å². The van der Waals surface area contributed by atoms with Gasteiger partial charge in [-0.05, 0) is 0 Å². The van der Waals surface area contributed by atoms with Gasteiger partial charge in [0.2, 0.25) is 0 Å². The molecule has 1 aromatic rings. The van der Waals surface area contributed by atoms with Gasteiger partial charge >= 0.3 is 5.69 Å². The topological polar surface area (TPSA) is 73.5 Å². The van der Waals surface area contributed by atoms with Crippen LogP contribution in [0.2, 0.25) is 0 Å². The van der Waals surface area contributed by atoms with E-state index < -0.39 is 5.69 Å². The number of hydrogen-bond donors (Lipinski definition) is 1. The van der Waals surface area contributed by atoms with E-state index in [0.29, 0.717) is 0 Å². The Hall–Kier alpha value is -1.66. The first kappa shape index (κ1) is 12.4. The van der Waals surface area contributed by atoms with E-state index in [1.165, 1.54) is 22.9 Å². The van der Waals surface area contributed by atoms with E-state index in [-0.39, 0.29) is 32.0 Å². The molecular weight excluding hydrogens is 212 g/mol. The van der Waals surface area contributed by atoms with Gasteiger partial charge in [0.05, 0.1) is 13.2 Å². The summed E-state index contributed by atoms with van der Waals surface area (Å²) in [5.41, 5.74) is -0.825. The molecule has 0 saturated heterocycles. The summed E-state index contributed by atoms with van der Waals surface area (Å²) >= 11 is 0. The predicted molar refractivity (Wildman–Crippen MR) is 58.2 cm³/mol. The highest BCUT2D eigenvalue weighted by Gasteiger charge is 2.02. The molecule has 1 heterocycles. The number of ether oxygens (including phenoxy) is 1. The van der Waals surface area contributed by atoms with Gasteiger partial charge in [0.25, 0.3) is 5.56 Å². The highest BCUT2D eigenvalue weighted by Crippen LogP contribution is 1.82. The summed E-state index contributed by atoms with van der Waals surface area (Å²) in [7, 11) is 0. The standard InChI is InChI=1S/C10H14N2O4/c1-2-4-12-9(14)3-5-11(10(12)15)8-16-7-6-13/h2-3,5,13H,1,4,6-8H2. The molecule has 88 valence electrons. The third-order valence-corrected chi connectivity index (χ3v) is 1.92. The van der Waals surface area contributed by atoms with Crippen molar-refractivity contribution in [3.63, 3.8) is 0 Å². The highest BCUT2D eigenvalue weighted by molar-refractivity contribution is 4.87. The number of rotatable bonds is 6. The Morgan fingerprint density at radius 2 is 2.25 bits per heavy atom. The molecule has 6 nitrogen and oxygen atoms in total. The van der Waals surface area contributed by atoms with E-state index in [4.69, 9.17) is 9.84 Å². The minimum atomic E-state index is -0.453. The Bertz CT molecular complexity index is 461. The van der Waals surface area contributed by atoms with Gasteiger partial charge in [-0.2, -0.15) is 0 Å². The molecule has 0 radical (unpaired) electrons. The van der Waals surface area contributed by atoms with Gasteiger partial charge in [-0.1, -0.05) is 6.08 Å². The van der Waals surface area contributed by atoms with Crippen LogP contribution in [0.3, 0.4) is 0 Å². The van der Waals surface area contributed by atoms with Gasteiger partial charge < -0.3 is 9.84 Å². The summed E-state index contributed by atoms with van der Waals surface area (Å²) < 4.78 is 7.30. The Morgan fingerprint density at radius 3 is 2.88 bits per heavy atom. The fourth-order valence-corrected chi connectivity index (χ4v) is 1.18. The van der Waals surface area contributed by atoms with Crippen LogP contribution in [0.4, 0.5) is 0 Å². The summed E-state index contributed by atoms with van der Waals surface area (Å²) in [6, 6.07) is 1.28. The third-order valence-electron chi connectivity index (χ3n) is 1.92. The Labute approximate surface area is 92.0 Å². The number of nitrogens with zero attached hydrogens (tertiary/aromatic N) is 2. The molecule has 0 aliphatic carbocycles. The first-order valence-corrected chi connectivity index (χ1v) is 4.80. The second-order valence-electron chi connectivity index (χ2n) is 3.07. The van der Waals surface area contributed by atoms with Crippen LogP contribution in [0.15, 0.2) is 34.5 Å². The maximum Gasteiger partial charge on any atom is 0.333 e. The van der Waals surface area contributed by atoms with Crippen molar-refractivity contribution in [3.05, 3.63) is 45.8 Å². The molecule has 0 aliphatic rings. The lowest BCUT2D eigenvalue weighted by atomic mass is 10.5. The van der Waals surface area contributed by atoms with E-state index in [1.807, 2.05) is 0 Å². The molecule has 0 aromatic carbocycles. The molecule has 1 rings (SSSR count). The Balaban J connectivity index is 2.95. The van der Waals surface area contributed by atoms with E-state index in [1.54, 1.807) is 0 Å². The van der Waals surface area contributed by atoms with Crippen molar-refractivity contribution in [1.82, 2.24) is 9.13 Å². The van der Waals surface area contributed by atoms with Crippen LogP contribution >= 0.6 is 0 Å². The van der Waals surface area contributed by atoms with Crippen molar-refractivity contribution >= 4 is 0 Å². The molecule has 0 amide bonds. The van der Waals surface area contributed by atoms with Crippen LogP contribution in [0.25, 0.3) is 0 Å². The van der Waals surface area contributed by atoms with Crippen LogP contribution in [0.1, 0.15) is 0 Å². The zero-order chi connectivity index (χ0) is 12.0. The number of allylic oxidation sites excluding steroid dienone is 1. The lowest BCUT2D eigenvalue weighted by Gasteiger charge is -2.08. The zero-order valence-corrected chi connectivity index (χ0v) is 8.83. The van der Waals surface area contributed by atoms with Gasteiger partial charge in [0.1, 0.15) is 6.73 Å². The predicted octanol–water partition coefficient (Wildman–Crippen LogP) is -0.838. The molecule has 0 fully saturated rings. The van der Waals surface area contributed by atoms with E-state index in [0.717, 1.165) is 4.57 Å². The van der Waals surface area contributed by atoms with Crippen LogP contribution in [0.5, 0.6) is 0 Å². The van der Waals surface area contributed by atoms with Crippen molar-refractivity contribution < 1.29 is 9.84 Å². The summed E-state index contributed by atoms with van der Waals surface area (Å²) in [6.45, 7) is 3.68. The first-order valence-electron chi connectivity index (χ1n) is 4.80. The van der Waals surface area contributed by atoms with Crippen LogP contribution in [0, 0.1) is 0 Å². The fourth-order valence-electron chi connectivity index (χ4n) is 1.18. The van der Waals surface area contributed by atoms with E-state index >= 15 is 0 Å². The molecular formula is C10H14N2O4. The SMILES string of the molecule is C=CCn1c(=O)ccn(COCCO)c1=O. The van der Waals surface area contributed by atoms with Crippen LogP contribution in [-0.4, -0.2) is 27.5 Å². The monoisotopic (exact) mass is 226 g/mol. The normalized spacial score (nSPS) is 10.3. The van der Waals surface area contributed by atoms with Gasteiger partial charge in [-0.25, -0.2) is 4.79 Å². The maximum absolute atomic E-state index is 11.7. The number of hydrogen-bond acceptors (Lipinski definition) is 4. The molecule has 0 atom stereocenters. The first-order chi connectivity index (χ1) is 7.70. The van der Waals surface area contributed by atoms with E-state index in [2.05, 4.69) is 6.58 Å². The quantitative estimate of drug-likeness (QED) is 0.507. The number of aromatic nitrogens is 2.